The summed E-state index contributed by atoms with van der Waals surface area (Å²) in [4.78, 5) is 34.5. The Kier molecular flexibility index (Phi) is 4.29. The number of amides is 2. The molecule has 2 aliphatic rings. The van der Waals surface area contributed by atoms with E-state index in [2.05, 4.69) is 4.98 Å². The van der Waals surface area contributed by atoms with Crippen LogP contribution >= 0.6 is 11.3 Å². The zero-order valence-corrected chi connectivity index (χ0v) is 14.9. The minimum atomic E-state index is -0.438. The first kappa shape index (κ1) is 16.3. The third-order valence-electron chi connectivity index (χ3n) is 5.31. The molecule has 25 heavy (non-hydrogen) atoms. The van der Waals surface area contributed by atoms with Crippen LogP contribution in [0.4, 0.5) is 5.69 Å². The molecule has 1 unspecified atom stereocenters. The van der Waals surface area contributed by atoms with Crippen LogP contribution in [0.25, 0.3) is 0 Å². The molecule has 2 saturated heterocycles. The van der Waals surface area contributed by atoms with E-state index in [1.807, 2.05) is 40.1 Å². The summed E-state index contributed by atoms with van der Waals surface area (Å²) in [6, 6.07) is 9.86. The largest absolute Gasteiger partial charge is 0.337 e. The fourth-order valence-electron chi connectivity index (χ4n) is 4.09. The average molecular weight is 355 g/mol. The summed E-state index contributed by atoms with van der Waals surface area (Å²) < 4.78 is 0. The first-order valence-corrected chi connectivity index (χ1v) is 9.62. The van der Waals surface area contributed by atoms with Gasteiger partial charge in [-0.05, 0) is 37.8 Å². The maximum Gasteiger partial charge on any atom is 0.265 e. The van der Waals surface area contributed by atoms with Gasteiger partial charge in [-0.1, -0.05) is 18.2 Å². The van der Waals surface area contributed by atoms with Crippen LogP contribution in [0.2, 0.25) is 0 Å². The van der Waals surface area contributed by atoms with Crippen LogP contribution in [-0.2, 0) is 4.79 Å². The maximum atomic E-state index is 13.3. The van der Waals surface area contributed by atoms with E-state index in [9.17, 15) is 9.59 Å². The van der Waals surface area contributed by atoms with E-state index in [1.54, 1.807) is 11.7 Å². The van der Waals surface area contributed by atoms with Crippen LogP contribution in [-0.4, -0.2) is 41.3 Å². The molecular weight excluding hydrogens is 334 g/mol. The first-order chi connectivity index (χ1) is 12.2. The second kappa shape index (κ2) is 6.59. The molecule has 130 valence electrons. The van der Waals surface area contributed by atoms with Gasteiger partial charge in [0.05, 0.1) is 17.1 Å². The quantitative estimate of drug-likeness (QED) is 0.831. The van der Waals surface area contributed by atoms with Crippen LogP contribution in [0.1, 0.15) is 35.4 Å². The van der Waals surface area contributed by atoms with Crippen molar-refractivity contribution in [2.45, 2.75) is 25.7 Å². The van der Waals surface area contributed by atoms with Gasteiger partial charge in [0, 0.05) is 25.3 Å². The standard InChI is InChI=1S/C19H21N3O2S/c23-17(16-12-20-14-25-16)21-10-4-8-19(13-21)9-5-11-22(18(19)24)15-6-2-1-3-7-15/h1-3,6-7,12,14H,4-5,8-11,13H2. The topological polar surface area (TPSA) is 53.5 Å². The van der Waals surface area contributed by atoms with E-state index >= 15 is 0 Å². The lowest BCUT2D eigenvalue weighted by atomic mass is 9.72. The van der Waals surface area contributed by atoms with E-state index in [0.29, 0.717) is 11.4 Å². The molecule has 1 aromatic heterocycles. The van der Waals surface area contributed by atoms with Crippen molar-refractivity contribution < 1.29 is 9.59 Å². The molecule has 0 saturated carbocycles. The minimum Gasteiger partial charge on any atom is -0.337 e. The molecule has 2 amide bonds. The lowest BCUT2D eigenvalue weighted by molar-refractivity contribution is -0.133. The number of piperidine rings is 2. The Bertz CT molecular complexity index is 758. The van der Waals surface area contributed by atoms with Gasteiger partial charge in [-0.15, -0.1) is 11.3 Å². The molecular formula is C19H21N3O2S. The molecule has 3 heterocycles. The Morgan fingerprint density at radius 2 is 1.88 bits per heavy atom. The van der Waals surface area contributed by atoms with Crippen LogP contribution in [0.15, 0.2) is 42.0 Å². The van der Waals surface area contributed by atoms with E-state index in [1.165, 1.54) is 11.3 Å². The van der Waals surface area contributed by atoms with Gasteiger partial charge >= 0.3 is 0 Å². The highest BCUT2D eigenvalue weighted by atomic mass is 32.1. The van der Waals surface area contributed by atoms with E-state index in [-0.39, 0.29) is 11.8 Å². The van der Waals surface area contributed by atoms with Crippen molar-refractivity contribution in [3.8, 4) is 0 Å². The number of nitrogens with zero attached hydrogens (tertiary/aromatic N) is 3. The summed E-state index contributed by atoms with van der Waals surface area (Å²) in [6.07, 6.45) is 5.19. The predicted octanol–water partition coefficient (Wildman–Crippen LogP) is 3.19. The monoisotopic (exact) mass is 355 g/mol. The van der Waals surface area contributed by atoms with Crippen LogP contribution in [0.5, 0.6) is 0 Å². The molecule has 0 N–H and O–H groups in total. The maximum absolute atomic E-state index is 13.3. The smallest absolute Gasteiger partial charge is 0.265 e. The molecule has 2 fully saturated rings. The van der Waals surface area contributed by atoms with Gasteiger partial charge in [0.25, 0.3) is 5.91 Å². The molecule has 5 nitrogen and oxygen atoms in total. The van der Waals surface area contributed by atoms with Crippen molar-refractivity contribution in [3.63, 3.8) is 0 Å². The van der Waals surface area contributed by atoms with Crippen molar-refractivity contribution in [1.29, 1.82) is 0 Å². The fraction of sp³-hybridized carbons (Fsp3) is 0.421. The first-order valence-electron chi connectivity index (χ1n) is 8.74. The van der Waals surface area contributed by atoms with Gasteiger partial charge in [-0.25, -0.2) is 0 Å². The second-order valence-electron chi connectivity index (χ2n) is 6.87. The number of carbonyl (C=O) groups is 2. The number of hydrogen-bond donors (Lipinski definition) is 0. The Morgan fingerprint density at radius 3 is 2.60 bits per heavy atom. The molecule has 1 spiro atoms. The fourth-order valence-corrected chi connectivity index (χ4v) is 4.67. The normalized spacial score (nSPS) is 23.9. The van der Waals surface area contributed by atoms with E-state index in [0.717, 1.165) is 44.5 Å². The number of carbonyl (C=O) groups excluding carboxylic acids is 2. The Balaban J connectivity index is 1.58. The highest BCUT2D eigenvalue weighted by Gasteiger charge is 2.47. The zero-order valence-electron chi connectivity index (χ0n) is 14.1. The molecule has 1 atom stereocenters. The second-order valence-corrected chi connectivity index (χ2v) is 7.76. The summed E-state index contributed by atoms with van der Waals surface area (Å²) in [5.41, 5.74) is 2.19. The number of rotatable bonds is 2. The van der Waals surface area contributed by atoms with Crippen LogP contribution in [0.3, 0.4) is 0 Å². The summed E-state index contributed by atoms with van der Waals surface area (Å²) >= 11 is 1.36. The summed E-state index contributed by atoms with van der Waals surface area (Å²) in [5.74, 6) is 0.179. The van der Waals surface area contributed by atoms with Crippen molar-refractivity contribution in [2.75, 3.05) is 24.5 Å². The predicted molar refractivity (Wildman–Crippen MR) is 97.7 cm³/mol. The molecule has 0 radical (unpaired) electrons. The third-order valence-corrected chi connectivity index (χ3v) is 6.07. The average Bonchev–Trinajstić information content (AvgIpc) is 3.19. The third kappa shape index (κ3) is 2.95. The summed E-state index contributed by atoms with van der Waals surface area (Å²) in [6.45, 7) is 2.00. The van der Waals surface area contributed by atoms with E-state index in [4.69, 9.17) is 0 Å². The van der Waals surface area contributed by atoms with Crippen LogP contribution in [0, 0.1) is 5.41 Å². The molecule has 6 heteroatoms. The molecule has 4 rings (SSSR count). The number of aromatic nitrogens is 1. The van der Waals surface area contributed by atoms with Crippen molar-refractivity contribution >= 4 is 28.8 Å². The zero-order chi connectivity index (χ0) is 17.3. The van der Waals surface area contributed by atoms with Crippen molar-refractivity contribution in [2.24, 2.45) is 5.41 Å². The highest BCUT2D eigenvalue weighted by Crippen LogP contribution is 2.41. The Hall–Kier alpha value is -2.21. The lowest BCUT2D eigenvalue weighted by Crippen LogP contribution is -2.57. The number of anilines is 1. The van der Waals surface area contributed by atoms with Gasteiger partial charge in [0.1, 0.15) is 4.88 Å². The summed E-state index contributed by atoms with van der Waals surface area (Å²) in [7, 11) is 0. The molecule has 1 aromatic carbocycles. The van der Waals surface area contributed by atoms with Gasteiger partial charge < -0.3 is 9.80 Å². The van der Waals surface area contributed by atoms with Gasteiger partial charge in [0.15, 0.2) is 0 Å². The molecule has 0 bridgehead atoms. The number of hydrogen-bond acceptors (Lipinski definition) is 4. The van der Waals surface area contributed by atoms with Crippen LogP contribution < -0.4 is 4.90 Å². The summed E-state index contributed by atoms with van der Waals surface area (Å²) in [5, 5.41) is 0. The highest BCUT2D eigenvalue weighted by molar-refractivity contribution is 7.11. The number of benzene rings is 1. The van der Waals surface area contributed by atoms with Gasteiger partial charge in [-0.2, -0.15) is 0 Å². The lowest BCUT2D eigenvalue weighted by Gasteiger charge is -2.47. The SMILES string of the molecule is O=C(c1cncs1)N1CCCC2(CCCN(c3ccccc3)C2=O)C1. The molecule has 0 aliphatic carbocycles. The number of likely N-dealkylation sites (tertiary alicyclic amines) is 1. The minimum absolute atomic E-state index is 0.00575. The molecule has 2 aliphatic heterocycles. The van der Waals surface area contributed by atoms with E-state index < -0.39 is 5.41 Å². The number of para-hydroxylation sites is 1. The Morgan fingerprint density at radius 1 is 1.12 bits per heavy atom. The van der Waals surface area contributed by atoms with Gasteiger partial charge in [0.2, 0.25) is 5.91 Å². The van der Waals surface area contributed by atoms with Gasteiger partial charge in [-0.3, -0.25) is 14.6 Å². The molecule has 2 aromatic rings. The van der Waals surface area contributed by atoms with Crippen molar-refractivity contribution in [3.05, 3.63) is 46.9 Å². The Labute approximate surface area is 151 Å². The number of thiazole rings is 1. The van der Waals surface area contributed by atoms with Crippen molar-refractivity contribution in [1.82, 2.24) is 9.88 Å².